The second-order valence-corrected chi connectivity index (χ2v) is 7.64. The highest BCUT2D eigenvalue weighted by Crippen LogP contribution is 2.21. The average Bonchev–Trinajstić information content (AvgIpc) is 3.17. The minimum atomic E-state index is -0.529. The van der Waals surface area contributed by atoms with Crippen molar-refractivity contribution in [2.24, 2.45) is 0 Å². The van der Waals surface area contributed by atoms with Crippen LogP contribution in [0, 0.1) is 0 Å². The molecule has 152 valence electrons. The van der Waals surface area contributed by atoms with E-state index in [1.807, 2.05) is 52.0 Å². The van der Waals surface area contributed by atoms with Crippen LogP contribution in [0.3, 0.4) is 0 Å². The van der Waals surface area contributed by atoms with Gasteiger partial charge in [-0.3, -0.25) is 4.79 Å². The normalized spacial score (nSPS) is 12.3. The molecule has 1 aromatic heterocycles. The van der Waals surface area contributed by atoms with Crippen LogP contribution in [0.1, 0.15) is 52.1 Å². The molecule has 28 heavy (non-hydrogen) atoms. The third-order valence-electron chi connectivity index (χ3n) is 4.27. The van der Waals surface area contributed by atoms with Crippen molar-refractivity contribution in [1.82, 2.24) is 25.0 Å². The summed E-state index contributed by atoms with van der Waals surface area (Å²) in [4.78, 5) is 29.7. The fourth-order valence-corrected chi connectivity index (χ4v) is 2.61. The number of nitrogens with one attached hydrogen (secondary N) is 1. The molecule has 1 aromatic carbocycles. The van der Waals surface area contributed by atoms with Crippen LogP contribution in [0.5, 0.6) is 0 Å². The summed E-state index contributed by atoms with van der Waals surface area (Å²) in [6.07, 6.45) is 3.57. The first kappa shape index (κ1) is 21.4. The van der Waals surface area contributed by atoms with Gasteiger partial charge in [0.15, 0.2) is 0 Å². The highest BCUT2D eigenvalue weighted by molar-refractivity contribution is 5.76. The first-order valence-corrected chi connectivity index (χ1v) is 9.35. The van der Waals surface area contributed by atoms with Crippen LogP contribution in [0.25, 0.3) is 5.69 Å². The Balaban J connectivity index is 1.79. The smallest absolute Gasteiger partial charge is 0.407 e. The summed E-state index contributed by atoms with van der Waals surface area (Å²) in [7, 11) is 1.79. The molecule has 1 heterocycles. The van der Waals surface area contributed by atoms with Gasteiger partial charge in [-0.25, -0.2) is 14.5 Å². The zero-order valence-corrected chi connectivity index (χ0v) is 17.2. The molecule has 0 saturated heterocycles. The Labute approximate surface area is 165 Å². The lowest BCUT2D eigenvalue weighted by molar-refractivity contribution is -0.131. The summed E-state index contributed by atoms with van der Waals surface area (Å²) in [5.41, 5.74) is 1.42. The molecule has 0 saturated carbocycles. The van der Waals surface area contributed by atoms with Crippen molar-refractivity contribution in [2.75, 3.05) is 13.6 Å². The number of benzene rings is 1. The van der Waals surface area contributed by atoms with Crippen LogP contribution in [0.4, 0.5) is 4.79 Å². The molecule has 8 heteroatoms. The van der Waals surface area contributed by atoms with Gasteiger partial charge >= 0.3 is 6.09 Å². The van der Waals surface area contributed by atoms with Gasteiger partial charge in [-0.2, -0.15) is 5.10 Å². The third-order valence-corrected chi connectivity index (χ3v) is 4.27. The van der Waals surface area contributed by atoms with Crippen molar-refractivity contribution in [1.29, 1.82) is 0 Å². The molecule has 2 aromatic rings. The predicted octanol–water partition coefficient (Wildman–Crippen LogP) is 3.09. The lowest BCUT2D eigenvalue weighted by Gasteiger charge is -2.25. The third kappa shape index (κ3) is 6.37. The van der Waals surface area contributed by atoms with Crippen LogP contribution in [0.15, 0.2) is 36.9 Å². The fraction of sp³-hybridized carbons (Fsp3) is 0.500. The number of alkyl carbamates (subject to hydrolysis) is 1. The van der Waals surface area contributed by atoms with E-state index in [0.717, 1.165) is 11.3 Å². The molecule has 0 aliphatic rings. The molecular formula is C20H29N5O3. The first-order valence-electron chi connectivity index (χ1n) is 9.35. The summed E-state index contributed by atoms with van der Waals surface area (Å²) in [5, 5.41) is 6.77. The van der Waals surface area contributed by atoms with Crippen molar-refractivity contribution in [3.8, 4) is 5.69 Å². The zero-order valence-electron chi connectivity index (χ0n) is 17.2. The molecule has 0 aliphatic carbocycles. The van der Waals surface area contributed by atoms with E-state index in [-0.39, 0.29) is 11.9 Å². The number of aromatic nitrogens is 3. The minimum absolute atomic E-state index is 0.0267. The topological polar surface area (TPSA) is 89.4 Å². The molecule has 0 fully saturated rings. The maximum Gasteiger partial charge on any atom is 0.407 e. The molecule has 0 bridgehead atoms. The summed E-state index contributed by atoms with van der Waals surface area (Å²) in [6.45, 7) is 7.82. The molecule has 0 aliphatic heterocycles. The Morgan fingerprint density at radius 2 is 1.93 bits per heavy atom. The summed E-state index contributed by atoms with van der Waals surface area (Å²) in [6, 6.07) is 7.80. The maximum atomic E-state index is 12.4. The lowest BCUT2D eigenvalue weighted by atomic mass is 10.1. The molecule has 1 N–H and O–H groups in total. The van der Waals surface area contributed by atoms with E-state index < -0.39 is 11.7 Å². The number of carbonyl (C=O) groups is 2. The molecule has 1 atom stereocenters. The van der Waals surface area contributed by atoms with Crippen molar-refractivity contribution in [2.45, 2.75) is 52.2 Å². The molecule has 0 spiro atoms. The Hall–Kier alpha value is -2.90. The van der Waals surface area contributed by atoms with Gasteiger partial charge < -0.3 is 15.0 Å². The highest BCUT2D eigenvalue weighted by atomic mass is 16.6. The number of rotatable bonds is 7. The summed E-state index contributed by atoms with van der Waals surface area (Å²) >= 11 is 0. The van der Waals surface area contributed by atoms with Gasteiger partial charge in [0.25, 0.3) is 0 Å². The quantitative estimate of drug-likeness (QED) is 0.738. The van der Waals surface area contributed by atoms with E-state index in [2.05, 4.69) is 15.4 Å². The second kappa shape index (κ2) is 9.34. The summed E-state index contributed by atoms with van der Waals surface area (Å²) in [5.74, 6) is 0.0267. The molecule has 8 nitrogen and oxygen atoms in total. The molecule has 2 amide bonds. The van der Waals surface area contributed by atoms with E-state index in [1.54, 1.807) is 23.0 Å². The largest absolute Gasteiger partial charge is 0.444 e. The van der Waals surface area contributed by atoms with Crippen LogP contribution < -0.4 is 5.32 Å². The van der Waals surface area contributed by atoms with Crippen molar-refractivity contribution < 1.29 is 14.3 Å². The molecule has 0 unspecified atom stereocenters. The Kier molecular flexibility index (Phi) is 7.14. The average molecular weight is 387 g/mol. The Morgan fingerprint density at radius 1 is 1.25 bits per heavy atom. The van der Waals surface area contributed by atoms with Gasteiger partial charge in [0.2, 0.25) is 5.91 Å². The fourth-order valence-electron chi connectivity index (χ4n) is 2.61. The Bertz CT molecular complexity index is 766. The van der Waals surface area contributed by atoms with E-state index in [1.165, 1.54) is 6.33 Å². The molecule has 0 radical (unpaired) electrons. The monoisotopic (exact) mass is 387 g/mol. The van der Waals surface area contributed by atoms with Crippen molar-refractivity contribution >= 4 is 12.0 Å². The van der Waals surface area contributed by atoms with Crippen LogP contribution in [-0.2, 0) is 9.53 Å². The molecule has 2 rings (SSSR count). The van der Waals surface area contributed by atoms with Gasteiger partial charge in [0.05, 0.1) is 11.7 Å². The van der Waals surface area contributed by atoms with Gasteiger partial charge in [-0.15, -0.1) is 0 Å². The summed E-state index contributed by atoms with van der Waals surface area (Å²) < 4.78 is 6.85. The van der Waals surface area contributed by atoms with Gasteiger partial charge in [-0.1, -0.05) is 12.1 Å². The number of hydrogen-bond donors (Lipinski definition) is 1. The van der Waals surface area contributed by atoms with E-state index in [0.29, 0.717) is 19.4 Å². The molecular weight excluding hydrogens is 358 g/mol. The SMILES string of the molecule is C[C@H](c1ccc(-n2cncn2)cc1)N(C)C(=O)CCCNC(=O)OC(C)(C)C. The van der Waals surface area contributed by atoms with Crippen LogP contribution >= 0.6 is 0 Å². The van der Waals surface area contributed by atoms with Crippen LogP contribution in [0.2, 0.25) is 0 Å². The van der Waals surface area contributed by atoms with Crippen molar-refractivity contribution in [3.63, 3.8) is 0 Å². The van der Waals surface area contributed by atoms with Gasteiger partial charge in [-0.05, 0) is 51.8 Å². The second-order valence-electron chi connectivity index (χ2n) is 7.64. The number of hydrogen-bond acceptors (Lipinski definition) is 5. The van der Waals surface area contributed by atoms with E-state index in [9.17, 15) is 9.59 Å². The van der Waals surface area contributed by atoms with Gasteiger partial charge in [0, 0.05) is 20.0 Å². The van der Waals surface area contributed by atoms with Crippen molar-refractivity contribution in [3.05, 3.63) is 42.5 Å². The maximum absolute atomic E-state index is 12.4. The van der Waals surface area contributed by atoms with Gasteiger partial charge in [0.1, 0.15) is 18.3 Å². The number of amides is 2. The Morgan fingerprint density at radius 3 is 2.50 bits per heavy atom. The highest BCUT2D eigenvalue weighted by Gasteiger charge is 2.18. The zero-order chi connectivity index (χ0) is 20.7. The predicted molar refractivity (Wildman–Crippen MR) is 106 cm³/mol. The minimum Gasteiger partial charge on any atom is -0.444 e. The lowest BCUT2D eigenvalue weighted by Crippen LogP contribution is -2.34. The van der Waals surface area contributed by atoms with Crippen LogP contribution in [-0.4, -0.2) is 50.9 Å². The standard InChI is InChI=1S/C20H29N5O3/c1-15(16-8-10-17(11-9-16)25-14-21-13-23-25)24(5)18(26)7-6-12-22-19(27)28-20(2,3)4/h8-11,13-15H,6-7,12H2,1-5H3,(H,22,27)/t15-/m1/s1. The first-order chi connectivity index (χ1) is 13.2. The number of carbonyl (C=O) groups excluding carboxylic acids is 2. The number of nitrogens with zero attached hydrogens (tertiary/aromatic N) is 4. The number of ether oxygens (including phenoxy) is 1. The van der Waals surface area contributed by atoms with E-state index >= 15 is 0 Å². The van der Waals surface area contributed by atoms with E-state index in [4.69, 9.17) is 4.74 Å².